The highest BCUT2D eigenvalue weighted by atomic mass is 32.1. The lowest BCUT2D eigenvalue weighted by Gasteiger charge is -2.35. The Balaban J connectivity index is 1.82. The van der Waals surface area contributed by atoms with Gasteiger partial charge < -0.3 is 9.80 Å². The number of rotatable bonds is 3. The van der Waals surface area contributed by atoms with Crippen LogP contribution in [0.2, 0.25) is 0 Å². The van der Waals surface area contributed by atoms with Crippen LogP contribution in [0.15, 0.2) is 12.4 Å². The molecule has 0 radical (unpaired) electrons. The SMILES string of the molecule is CCC(=O)N1CCN(c2ncnc3sc(CC)cc23)CC1. The average molecular weight is 304 g/mol. The first-order valence-corrected chi connectivity index (χ1v) is 8.30. The van der Waals surface area contributed by atoms with Crippen LogP contribution in [0.3, 0.4) is 0 Å². The van der Waals surface area contributed by atoms with Crippen LogP contribution in [0.1, 0.15) is 25.1 Å². The van der Waals surface area contributed by atoms with Crippen molar-refractivity contribution in [3.8, 4) is 0 Å². The number of hydrogen-bond acceptors (Lipinski definition) is 5. The summed E-state index contributed by atoms with van der Waals surface area (Å²) in [6.07, 6.45) is 3.26. The fourth-order valence-corrected chi connectivity index (χ4v) is 3.64. The molecular weight excluding hydrogens is 284 g/mol. The highest BCUT2D eigenvalue weighted by Crippen LogP contribution is 2.30. The first kappa shape index (κ1) is 14.3. The first-order chi connectivity index (χ1) is 10.2. The third kappa shape index (κ3) is 2.72. The molecule has 0 atom stereocenters. The van der Waals surface area contributed by atoms with E-state index in [0.717, 1.165) is 48.6 Å². The molecular formula is C15H20N4OS. The highest BCUT2D eigenvalue weighted by molar-refractivity contribution is 7.18. The maximum absolute atomic E-state index is 11.7. The molecule has 2 aromatic rings. The maximum Gasteiger partial charge on any atom is 0.222 e. The minimum atomic E-state index is 0.242. The van der Waals surface area contributed by atoms with Crippen LogP contribution in [0.4, 0.5) is 5.82 Å². The van der Waals surface area contributed by atoms with Gasteiger partial charge >= 0.3 is 0 Å². The number of anilines is 1. The van der Waals surface area contributed by atoms with Crippen LogP contribution in [-0.4, -0.2) is 47.0 Å². The minimum absolute atomic E-state index is 0.242. The van der Waals surface area contributed by atoms with E-state index in [9.17, 15) is 4.79 Å². The summed E-state index contributed by atoms with van der Waals surface area (Å²) in [5, 5.41) is 1.15. The standard InChI is InChI=1S/C15H20N4OS/c1-3-11-9-12-14(16-10-17-15(12)21-11)19-7-5-18(6-8-19)13(20)4-2/h9-10H,3-8H2,1-2H3. The summed E-state index contributed by atoms with van der Waals surface area (Å²) in [4.78, 5) is 27.2. The molecule has 3 heterocycles. The molecule has 1 aliphatic rings. The summed E-state index contributed by atoms with van der Waals surface area (Å²) in [6, 6.07) is 2.21. The van der Waals surface area contributed by atoms with Gasteiger partial charge in [-0.15, -0.1) is 11.3 Å². The number of nitrogens with zero attached hydrogens (tertiary/aromatic N) is 4. The average Bonchev–Trinajstić information content (AvgIpc) is 2.97. The molecule has 0 saturated carbocycles. The van der Waals surface area contributed by atoms with Crippen LogP contribution in [0.5, 0.6) is 0 Å². The summed E-state index contributed by atoms with van der Waals surface area (Å²) in [6.45, 7) is 7.32. The van der Waals surface area contributed by atoms with Crippen LogP contribution < -0.4 is 4.90 Å². The van der Waals surface area contributed by atoms with Crippen LogP contribution in [-0.2, 0) is 11.2 Å². The molecule has 2 aromatic heterocycles. The summed E-state index contributed by atoms with van der Waals surface area (Å²) in [7, 11) is 0. The van der Waals surface area contributed by atoms with Crippen molar-refractivity contribution < 1.29 is 4.79 Å². The predicted molar refractivity (Wildman–Crippen MR) is 85.9 cm³/mol. The van der Waals surface area contributed by atoms with Crippen molar-refractivity contribution >= 4 is 33.3 Å². The van der Waals surface area contributed by atoms with E-state index in [1.807, 2.05) is 11.8 Å². The zero-order chi connectivity index (χ0) is 14.8. The van der Waals surface area contributed by atoms with Crippen molar-refractivity contribution in [2.75, 3.05) is 31.1 Å². The minimum Gasteiger partial charge on any atom is -0.352 e. The van der Waals surface area contributed by atoms with Gasteiger partial charge in [0.1, 0.15) is 17.0 Å². The number of carbonyl (C=O) groups excluding carboxylic acids is 1. The van der Waals surface area contributed by atoms with Crippen molar-refractivity contribution in [2.24, 2.45) is 0 Å². The fourth-order valence-electron chi connectivity index (χ4n) is 2.71. The number of amides is 1. The molecule has 1 fully saturated rings. The van der Waals surface area contributed by atoms with Crippen molar-refractivity contribution in [1.82, 2.24) is 14.9 Å². The number of piperazine rings is 1. The smallest absolute Gasteiger partial charge is 0.222 e. The molecule has 6 heteroatoms. The molecule has 0 aromatic carbocycles. The van der Waals surface area contributed by atoms with Crippen LogP contribution >= 0.6 is 11.3 Å². The van der Waals surface area contributed by atoms with Crippen molar-refractivity contribution in [3.63, 3.8) is 0 Å². The number of aromatic nitrogens is 2. The molecule has 1 aliphatic heterocycles. The zero-order valence-electron chi connectivity index (χ0n) is 12.5. The quantitative estimate of drug-likeness (QED) is 0.873. The van der Waals surface area contributed by atoms with Crippen LogP contribution in [0, 0.1) is 0 Å². The third-order valence-electron chi connectivity index (χ3n) is 3.94. The molecule has 0 bridgehead atoms. The highest BCUT2D eigenvalue weighted by Gasteiger charge is 2.22. The van der Waals surface area contributed by atoms with Crippen molar-refractivity contribution in [3.05, 3.63) is 17.3 Å². The Kier molecular flexibility index (Phi) is 4.05. The summed E-state index contributed by atoms with van der Waals surface area (Å²) in [5.41, 5.74) is 0. The molecule has 1 saturated heterocycles. The van der Waals surface area contributed by atoms with E-state index in [4.69, 9.17) is 0 Å². The Bertz CT molecular complexity index is 646. The summed E-state index contributed by atoms with van der Waals surface area (Å²) in [5.74, 6) is 1.26. The van der Waals surface area contributed by atoms with E-state index in [-0.39, 0.29) is 5.91 Å². The molecule has 0 N–H and O–H groups in total. The fraction of sp³-hybridized carbons (Fsp3) is 0.533. The third-order valence-corrected chi connectivity index (χ3v) is 5.13. The Labute approximate surface area is 128 Å². The molecule has 21 heavy (non-hydrogen) atoms. The second kappa shape index (κ2) is 5.97. The van der Waals surface area contributed by atoms with Gasteiger partial charge in [-0.3, -0.25) is 4.79 Å². The molecule has 0 unspecified atom stereocenters. The van der Waals surface area contributed by atoms with Gasteiger partial charge in [0.05, 0.1) is 5.39 Å². The Hall–Kier alpha value is -1.69. The van der Waals surface area contributed by atoms with Crippen LogP contribution in [0.25, 0.3) is 10.2 Å². The van der Waals surface area contributed by atoms with Gasteiger partial charge in [-0.25, -0.2) is 9.97 Å². The molecule has 1 amide bonds. The van der Waals surface area contributed by atoms with Gasteiger partial charge in [0.15, 0.2) is 0 Å². The lowest BCUT2D eigenvalue weighted by Crippen LogP contribution is -2.48. The molecule has 5 nitrogen and oxygen atoms in total. The van der Waals surface area contributed by atoms with E-state index in [0.29, 0.717) is 6.42 Å². The Morgan fingerprint density at radius 3 is 2.67 bits per heavy atom. The Morgan fingerprint density at radius 2 is 2.00 bits per heavy atom. The normalized spacial score (nSPS) is 15.7. The number of hydrogen-bond donors (Lipinski definition) is 0. The lowest BCUT2D eigenvalue weighted by atomic mass is 10.2. The maximum atomic E-state index is 11.7. The van der Waals surface area contributed by atoms with Crippen molar-refractivity contribution in [2.45, 2.75) is 26.7 Å². The van der Waals surface area contributed by atoms with Gasteiger partial charge in [0, 0.05) is 37.5 Å². The first-order valence-electron chi connectivity index (χ1n) is 7.49. The van der Waals surface area contributed by atoms with Gasteiger partial charge in [0.25, 0.3) is 0 Å². The second-order valence-electron chi connectivity index (χ2n) is 5.20. The van der Waals surface area contributed by atoms with E-state index in [1.165, 1.54) is 4.88 Å². The zero-order valence-corrected chi connectivity index (χ0v) is 13.3. The van der Waals surface area contributed by atoms with Gasteiger partial charge in [-0.05, 0) is 12.5 Å². The van der Waals surface area contributed by atoms with Gasteiger partial charge in [-0.1, -0.05) is 13.8 Å². The molecule has 112 valence electrons. The van der Waals surface area contributed by atoms with E-state index in [2.05, 4.69) is 27.9 Å². The second-order valence-corrected chi connectivity index (χ2v) is 6.32. The van der Waals surface area contributed by atoms with Gasteiger partial charge in [-0.2, -0.15) is 0 Å². The number of fused-ring (bicyclic) bond motifs is 1. The number of aryl methyl sites for hydroxylation is 1. The largest absolute Gasteiger partial charge is 0.352 e. The van der Waals surface area contributed by atoms with Crippen molar-refractivity contribution in [1.29, 1.82) is 0 Å². The van der Waals surface area contributed by atoms with Gasteiger partial charge in [0.2, 0.25) is 5.91 Å². The molecule has 0 aliphatic carbocycles. The topological polar surface area (TPSA) is 49.3 Å². The van der Waals surface area contributed by atoms with E-state index >= 15 is 0 Å². The molecule has 3 rings (SSSR count). The monoisotopic (exact) mass is 304 g/mol. The molecule has 0 spiro atoms. The van der Waals surface area contributed by atoms with E-state index < -0.39 is 0 Å². The number of carbonyl (C=O) groups is 1. The lowest BCUT2D eigenvalue weighted by molar-refractivity contribution is -0.131. The summed E-state index contributed by atoms with van der Waals surface area (Å²) >= 11 is 1.74. The predicted octanol–water partition coefficient (Wildman–Crippen LogP) is 2.31. The number of thiophene rings is 1. The summed E-state index contributed by atoms with van der Waals surface area (Å²) < 4.78 is 0. The van der Waals surface area contributed by atoms with E-state index in [1.54, 1.807) is 17.7 Å². The Morgan fingerprint density at radius 1 is 1.24 bits per heavy atom.